The molecule has 2 amide bonds. The predicted molar refractivity (Wildman–Crippen MR) is 83.5 cm³/mol. The van der Waals surface area contributed by atoms with Crippen molar-refractivity contribution in [3.05, 3.63) is 17.5 Å². The topological polar surface area (TPSA) is 69.9 Å². The molecule has 0 bridgehead atoms. The zero-order valence-corrected chi connectivity index (χ0v) is 13.8. The van der Waals surface area contributed by atoms with E-state index >= 15 is 0 Å². The van der Waals surface area contributed by atoms with Gasteiger partial charge in [-0.25, -0.2) is 0 Å². The first-order valence-corrected chi connectivity index (χ1v) is 8.20. The van der Waals surface area contributed by atoms with Crippen LogP contribution in [-0.4, -0.2) is 71.4 Å². The fraction of sp³-hybridized carbons (Fsp3) is 0.688. The first-order chi connectivity index (χ1) is 11.0. The molecule has 126 valence electrons. The molecule has 1 aromatic rings. The molecule has 0 N–H and O–H groups in total. The monoisotopic (exact) mass is 320 g/mol. The highest BCUT2D eigenvalue weighted by Crippen LogP contribution is 2.21. The molecule has 23 heavy (non-hydrogen) atoms. The van der Waals surface area contributed by atoms with E-state index in [0.29, 0.717) is 26.1 Å². The van der Waals surface area contributed by atoms with Crippen molar-refractivity contribution in [3.63, 3.8) is 0 Å². The highest BCUT2D eigenvalue weighted by Gasteiger charge is 2.32. The number of aryl methyl sites for hydroxylation is 1. The Hall–Kier alpha value is -1.89. The minimum absolute atomic E-state index is 0.0777. The Morgan fingerprint density at radius 3 is 2.65 bits per heavy atom. The van der Waals surface area contributed by atoms with Gasteiger partial charge in [0.05, 0.1) is 12.2 Å². The second-order valence-corrected chi connectivity index (χ2v) is 6.54. The van der Waals surface area contributed by atoms with Crippen LogP contribution in [0.4, 0.5) is 0 Å². The number of aromatic nitrogens is 1. The van der Waals surface area contributed by atoms with Gasteiger partial charge >= 0.3 is 0 Å². The van der Waals surface area contributed by atoms with E-state index in [4.69, 9.17) is 4.52 Å². The van der Waals surface area contributed by atoms with Crippen LogP contribution in [0.1, 0.15) is 24.3 Å². The maximum atomic E-state index is 12.6. The summed E-state index contributed by atoms with van der Waals surface area (Å²) in [7, 11) is 1.80. The number of likely N-dealkylation sites (tertiary alicyclic amines) is 1. The van der Waals surface area contributed by atoms with Gasteiger partial charge in [0, 0.05) is 58.2 Å². The summed E-state index contributed by atoms with van der Waals surface area (Å²) in [4.78, 5) is 30.2. The zero-order chi connectivity index (χ0) is 16.4. The van der Waals surface area contributed by atoms with Crippen LogP contribution in [0.15, 0.2) is 10.6 Å². The molecular weight excluding hydrogens is 296 g/mol. The van der Waals surface area contributed by atoms with Gasteiger partial charge in [-0.2, -0.15) is 0 Å². The molecule has 2 fully saturated rings. The number of hydrogen-bond acceptors (Lipinski definition) is 5. The summed E-state index contributed by atoms with van der Waals surface area (Å²) in [5.41, 5.74) is 0.890. The Kier molecular flexibility index (Phi) is 4.66. The highest BCUT2D eigenvalue weighted by atomic mass is 16.5. The van der Waals surface area contributed by atoms with Crippen molar-refractivity contribution in [1.29, 1.82) is 0 Å². The van der Waals surface area contributed by atoms with Gasteiger partial charge in [0.15, 0.2) is 5.76 Å². The average Bonchev–Trinajstić information content (AvgIpc) is 2.95. The van der Waals surface area contributed by atoms with Crippen LogP contribution in [0.25, 0.3) is 0 Å². The van der Waals surface area contributed by atoms with Gasteiger partial charge < -0.3 is 14.3 Å². The van der Waals surface area contributed by atoms with Crippen molar-refractivity contribution in [1.82, 2.24) is 19.9 Å². The van der Waals surface area contributed by atoms with E-state index in [0.717, 1.165) is 37.5 Å². The zero-order valence-electron chi connectivity index (χ0n) is 13.8. The fourth-order valence-corrected chi connectivity index (χ4v) is 3.25. The maximum Gasteiger partial charge on any atom is 0.226 e. The van der Waals surface area contributed by atoms with Crippen molar-refractivity contribution >= 4 is 11.8 Å². The molecule has 0 aliphatic carbocycles. The maximum absolute atomic E-state index is 12.6. The average molecular weight is 320 g/mol. The molecule has 1 atom stereocenters. The van der Waals surface area contributed by atoms with Gasteiger partial charge in [-0.3, -0.25) is 14.5 Å². The molecule has 2 saturated heterocycles. The van der Waals surface area contributed by atoms with Crippen LogP contribution < -0.4 is 0 Å². The van der Waals surface area contributed by atoms with E-state index < -0.39 is 0 Å². The molecule has 2 aliphatic rings. The van der Waals surface area contributed by atoms with Crippen LogP contribution in [0.5, 0.6) is 0 Å². The lowest BCUT2D eigenvalue weighted by Crippen LogP contribution is -2.51. The Morgan fingerprint density at radius 2 is 2.04 bits per heavy atom. The Balaban J connectivity index is 1.48. The molecule has 1 aromatic heterocycles. The van der Waals surface area contributed by atoms with Gasteiger partial charge in [-0.05, 0) is 13.3 Å². The summed E-state index contributed by atoms with van der Waals surface area (Å²) in [5, 5.41) is 3.90. The number of nitrogens with zero attached hydrogens (tertiary/aromatic N) is 4. The summed E-state index contributed by atoms with van der Waals surface area (Å²) >= 11 is 0. The lowest BCUT2D eigenvalue weighted by molar-refractivity contribution is -0.145. The normalized spacial score (nSPS) is 23.4. The first kappa shape index (κ1) is 16.0. The van der Waals surface area contributed by atoms with Gasteiger partial charge in [0.25, 0.3) is 0 Å². The lowest BCUT2D eigenvalue weighted by Gasteiger charge is -2.37. The van der Waals surface area contributed by atoms with Crippen LogP contribution in [0, 0.1) is 12.8 Å². The molecule has 3 rings (SSSR count). The van der Waals surface area contributed by atoms with E-state index in [9.17, 15) is 9.59 Å². The lowest BCUT2D eigenvalue weighted by atomic mass is 9.94. The number of rotatable bonds is 3. The van der Waals surface area contributed by atoms with Crippen LogP contribution in [-0.2, 0) is 16.1 Å². The summed E-state index contributed by atoms with van der Waals surface area (Å²) in [6.07, 6.45) is 1.13. The van der Waals surface area contributed by atoms with Crippen LogP contribution >= 0.6 is 0 Å². The molecular formula is C16H24N4O3. The Labute approximate surface area is 136 Å². The summed E-state index contributed by atoms with van der Waals surface area (Å²) in [5.74, 6) is 0.945. The number of carbonyl (C=O) groups excluding carboxylic acids is 2. The predicted octanol–water partition coefficient (Wildman–Crippen LogP) is 0.496. The molecule has 0 aromatic carbocycles. The van der Waals surface area contributed by atoms with E-state index in [1.54, 1.807) is 11.9 Å². The molecule has 0 unspecified atom stereocenters. The van der Waals surface area contributed by atoms with Gasteiger partial charge in [-0.15, -0.1) is 0 Å². The van der Waals surface area contributed by atoms with Crippen molar-refractivity contribution in [3.8, 4) is 0 Å². The number of piperazine rings is 1. The third-order valence-electron chi connectivity index (χ3n) is 4.75. The van der Waals surface area contributed by atoms with Gasteiger partial charge in [0.2, 0.25) is 11.8 Å². The van der Waals surface area contributed by atoms with E-state index in [-0.39, 0.29) is 17.7 Å². The smallest absolute Gasteiger partial charge is 0.226 e. The molecule has 2 aliphatic heterocycles. The summed E-state index contributed by atoms with van der Waals surface area (Å²) < 4.78 is 5.24. The van der Waals surface area contributed by atoms with Gasteiger partial charge in [0.1, 0.15) is 0 Å². The number of carbonyl (C=O) groups is 2. The van der Waals surface area contributed by atoms with E-state index in [1.165, 1.54) is 0 Å². The number of piperidine rings is 1. The van der Waals surface area contributed by atoms with E-state index in [2.05, 4.69) is 10.1 Å². The quantitative estimate of drug-likeness (QED) is 0.811. The van der Waals surface area contributed by atoms with Crippen LogP contribution in [0.3, 0.4) is 0 Å². The van der Waals surface area contributed by atoms with Crippen molar-refractivity contribution in [2.75, 3.05) is 39.8 Å². The summed E-state index contributed by atoms with van der Waals surface area (Å²) in [6, 6.07) is 1.95. The first-order valence-electron chi connectivity index (χ1n) is 8.20. The second-order valence-electron chi connectivity index (χ2n) is 6.54. The summed E-state index contributed by atoms with van der Waals surface area (Å²) in [6.45, 7) is 6.40. The molecule has 7 heteroatoms. The molecule has 0 spiro atoms. The minimum Gasteiger partial charge on any atom is -0.360 e. The largest absolute Gasteiger partial charge is 0.360 e. The number of hydrogen-bond donors (Lipinski definition) is 0. The minimum atomic E-state index is -0.137. The highest BCUT2D eigenvalue weighted by molar-refractivity contribution is 5.87. The third kappa shape index (κ3) is 3.72. The third-order valence-corrected chi connectivity index (χ3v) is 4.75. The number of amides is 2. The second kappa shape index (κ2) is 6.70. The molecule has 3 heterocycles. The Morgan fingerprint density at radius 1 is 1.30 bits per heavy atom. The Bertz CT molecular complexity index is 578. The van der Waals surface area contributed by atoms with Gasteiger partial charge in [-0.1, -0.05) is 5.16 Å². The van der Waals surface area contributed by atoms with Crippen LogP contribution in [0.2, 0.25) is 0 Å². The fourth-order valence-electron chi connectivity index (χ4n) is 3.25. The van der Waals surface area contributed by atoms with E-state index in [1.807, 2.05) is 17.9 Å². The molecule has 0 radical (unpaired) electrons. The van der Waals surface area contributed by atoms with Crippen molar-refractivity contribution < 1.29 is 14.1 Å². The SMILES string of the molecule is Cc1cc(CN2CCN(C(=O)[C@@H]3CCN(C)C(=O)C3)CC2)on1. The van der Waals surface area contributed by atoms with Crippen molar-refractivity contribution in [2.45, 2.75) is 26.3 Å². The molecule has 7 nitrogen and oxygen atoms in total. The molecule has 0 saturated carbocycles. The standard InChI is InChI=1S/C16H24N4O3/c1-12-9-14(23-17-12)11-19-5-7-20(8-6-19)16(22)13-3-4-18(2)15(21)10-13/h9,13H,3-8,10-11H2,1-2H3/t13-/m1/s1. The van der Waals surface area contributed by atoms with Crippen molar-refractivity contribution in [2.24, 2.45) is 5.92 Å².